The van der Waals surface area contributed by atoms with Gasteiger partial charge in [0.15, 0.2) is 0 Å². The van der Waals surface area contributed by atoms with Crippen LogP contribution in [0.1, 0.15) is 29.3 Å². The Morgan fingerprint density at radius 3 is 2.53 bits per heavy atom. The van der Waals surface area contributed by atoms with Gasteiger partial charge in [-0.25, -0.2) is 0 Å². The zero-order valence-electron chi connectivity index (χ0n) is 11.7. The fraction of sp³-hybridized carbons (Fsp3) is 0.533. The van der Waals surface area contributed by atoms with E-state index in [4.69, 9.17) is 0 Å². The predicted molar refractivity (Wildman–Crippen MR) is 75.5 cm³/mol. The fourth-order valence-electron chi connectivity index (χ4n) is 2.46. The van der Waals surface area contributed by atoms with Gasteiger partial charge >= 0.3 is 0 Å². The first-order valence-corrected chi connectivity index (χ1v) is 6.93. The van der Waals surface area contributed by atoms with Crippen molar-refractivity contribution in [3.8, 4) is 5.75 Å². The van der Waals surface area contributed by atoms with E-state index in [-0.39, 0.29) is 11.7 Å². The second kappa shape index (κ2) is 6.06. The normalized spacial score (nSPS) is 16.6. The summed E-state index contributed by atoms with van der Waals surface area (Å²) in [6, 6.07) is 5.05. The lowest BCUT2D eigenvalue weighted by molar-refractivity contribution is 0.0637. The molecule has 1 aromatic carbocycles. The molecular formula is C15H22N2O2. The molecule has 0 unspecified atom stereocenters. The van der Waals surface area contributed by atoms with E-state index in [1.807, 2.05) is 11.8 Å². The van der Waals surface area contributed by atoms with Crippen LogP contribution in [0.3, 0.4) is 0 Å². The minimum Gasteiger partial charge on any atom is -0.508 e. The van der Waals surface area contributed by atoms with Crippen molar-refractivity contribution in [1.29, 1.82) is 0 Å². The molecule has 0 aromatic heterocycles. The molecule has 0 atom stereocenters. The van der Waals surface area contributed by atoms with Gasteiger partial charge in [0, 0.05) is 31.7 Å². The highest BCUT2D eigenvalue weighted by molar-refractivity contribution is 5.94. The van der Waals surface area contributed by atoms with E-state index in [1.165, 1.54) is 0 Å². The molecule has 4 nitrogen and oxygen atoms in total. The predicted octanol–water partition coefficient (Wildman–Crippen LogP) is 1.87. The van der Waals surface area contributed by atoms with Crippen LogP contribution in [0.15, 0.2) is 18.2 Å². The van der Waals surface area contributed by atoms with Crippen molar-refractivity contribution in [3.05, 3.63) is 29.3 Å². The SMILES string of the molecule is CCCN1CCN(C(=O)c2ccc(O)c(C)c2)CC1. The van der Waals surface area contributed by atoms with Gasteiger partial charge in [0.05, 0.1) is 0 Å². The van der Waals surface area contributed by atoms with Crippen molar-refractivity contribution >= 4 is 5.91 Å². The number of rotatable bonds is 3. The van der Waals surface area contributed by atoms with Gasteiger partial charge in [0.2, 0.25) is 0 Å². The number of benzene rings is 1. The number of phenolic OH excluding ortho intramolecular Hbond substituents is 1. The topological polar surface area (TPSA) is 43.8 Å². The Hall–Kier alpha value is -1.55. The summed E-state index contributed by atoms with van der Waals surface area (Å²) in [5.74, 6) is 0.309. The lowest BCUT2D eigenvalue weighted by Gasteiger charge is -2.34. The van der Waals surface area contributed by atoms with Gasteiger partial charge < -0.3 is 10.0 Å². The summed E-state index contributed by atoms with van der Waals surface area (Å²) < 4.78 is 0. The Labute approximate surface area is 114 Å². The summed E-state index contributed by atoms with van der Waals surface area (Å²) >= 11 is 0. The molecule has 1 saturated heterocycles. The lowest BCUT2D eigenvalue weighted by Crippen LogP contribution is -2.48. The van der Waals surface area contributed by atoms with Crippen LogP contribution < -0.4 is 0 Å². The molecule has 0 bridgehead atoms. The van der Waals surface area contributed by atoms with E-state index in [0.29, 0.717) is 5.56 Å². The van der Waals surface area contributed by atoms with Crippen LogP contribution in [0.2, 0.25) is 0 Å². The first-order valence-electron chi connectivity index (χ1n) is 6.93. The number of amides is 1. The quantitative estimate of drug-likeness (QED) is 0.904. The largest absolute Gasteiger partial charge is 0.508 e. The highest BCUT2D eigenvalue weighted by atomic mass is 16.3. The molecule has 1 fully saturated rings. The van der Waals surface area contributed by atoms with E-state index in [1.54, 1.807) is 18.2 Å². The van der Waals surface area contributed by atoms with Gasteiger partial charge in [-0.2, -0.15) is 0 Å². The second-order valence-corrected chi connectivity index (χ2v) is 5.14. The summed E-state index contributed by atoms with van der Waals surface area (Å²) in [7, 11) is 0. The molecule has 0 spiro atoms. The van der Waals surface area contributed by atoms with Crippen LogP contribution in [-0.2, 0) is 0 Å². The maximum absolute atomic E-state index is 12.4. The summed E-state index contributed by atoms with van der Waals surface area (Å²) in [6.07, 6.45) is 1.16. The van der Waals surface area contributed by atoms with Gasteiger partial charge in [0.25, 0.3) is 5.91 Å². The Morgan fingerprint density at radius 1 is 1.26 bits per heavy atom. The van der Waals surface area contributed by atoms with E-state index in [0.717, 1.165) is 44.7 Å². The van der Waals surface area contributed by atoms with E-state index < -0.39 is 0 Å². The highest BCUT2D eigenvalue weighted by Crippen LogP contribution is 2.18. The second-order valence-electron chi connectivity index (χ2n) is 5.14. The van der Waals surface area contributed by atoms with E-state index in [9.17, 15) is 9.90 Å². The van der Waals surface area contributed by atoms with Gasteiger partial charge in [-0.15, -0.1) is 0 Å². The smallest absolute Gasteiger partial charge is 0.253 e. The number of phenols is 1. The third-order valence-corrected chi connectivity index (χ3v) is 3.64. The summed E-state index contributed by atoms with van der Waals surface area (Å²) in [6.45, 7) is 8.59. The van der Waals surface area contributed by atoms with Crippen molar-refractivity contribution in [2.24, 2.45) is 0 Å². The van der Waals surface area contributed by atoms with E-state index >= 15 is 0 Å². The molecule has 104 valence electrons. The molecule has 1 aliphatic rings. The molecule has 1 N–H and O–H groups in total. The minimum absolute atomic E-state index is 0.0687. The maximum atomic E-state index is 12.4. The van der Waals surface area contributed by atoms with Crippen molar-refractivity contribution in [3.63, 3.8) is 0 Å². The number of carbonyl (C=O) groups is 1. The number of carbonyl (C=O) groups excluding carboxylic acids is 1. The number of hydrogen-bond donors (Lipinski definition) is 1. The first-order chi connectivity index (χ1) is 9.11. The Bertz CT molecular complexity index is 451. The van der Waals surface area contributed by atoms with Crippen molar-refractivity contribution in [1.82, 2.24) is 9.80 Å². The highest BCUT2D eigenvalue weighted by Gasteiger charge is 2.21. The Balaban J connectivity index is 1.99. The van der Waals surface area contributed by atoms with Crippen molar-refractivity contribution in [2.45, 2.75) is 20.3 Å². The fourth-order valence-corrected chi connectivity index (χ4v) is 2.46. The maximum Gasteiger partial charge on any atom is 0.253 e. The van der Waals surface area contributed by atoms with Gasteiger partial charge in [-0.05, 0) is 43.7 Å². The molecule has 1 aromatic rings. The molecule has 0 radical (unpaired) electrons. The molecule has 1 heterocycles. The molecule has 0 aliphatic carbocycles. The first kappa shape index (κ1) is 13.9. The standard InChI is InChI=1S/C15H22N2O2/c1-3-6-16-7-9-17(10-8-16)15(19)13-4-5-14(18)12(2)11-13/h4-5,11,18H,3,6-10H2,1-2H3. The number of aryl methyl sites for hydroxylation is 1. The summed E-state index contributed by atoms with van der Waals surface area (Å²) in [5, 5.41) is 9.50. The molecule has 1 aliphatic heterocycles. The van der Waals surface area contributed by atoms with Crippen LogP contribution in [0.4, 0.5) is 0 Å². The molecule has 0 saturated carbocycles. The molecule has 19 heavy (non-hydrogen) atoms. The molecule has 2 rings (SSSR count). The molecule has 1 amide bonds. The van der Waals surface area contributed by atoms with Crippen molar-refractivity contribution in [2.75, 3.05) is 32.7 Å². The van der Waals surface area contributed by atoms with Gasteiger partial charge in [0.1, 0.15) is 5.75 Å². The zero-order chi connectivity index (χ0) is 13.8. The number of hydrogen-bond acceptors (Lipinski definition) is 3. The number of aromatic hydroxyl groups is 1. The van der Waals surface area contributed by atoms with E-state index in [2.05, 4.69) is 11.8 Å². The third kappa shape index (κ3) is 3.26. The van der Waals surface area contributed by atoms with Crippen molar-refractivity contribution < 1.29 is 9.90 Å². The van der Waals surface area contributed by atoms with Crippen LogP contribution in [0.25, 0.3) is 0 Å². The summed E-state index contributed by atoms with van der Waals surface area (Å²) in [5.41, 5.74) is 1.41. The van der Waals surface area contributed by atoms with Crippen LogP contribution in [0, 0.1) is 6.92 Å². The monoisotopic (exact) mass is 262 g/mol. The van der Waals surface area contributed by atoms with Crippen LogP contribution in [0.5, 0.6) is 5.75 Å². The molecule has 4 heteroatoms. The average Bonchev–Trinajstić information content (AvgIpc) is 2.42. The van der Waals surface area contributed by atoms with Crippen LogP contribution >= 0.6 is 0 Å². The van der Waals surface area contributed by atoms with Gasteiger partial charge in [-0.1, -0.05) is 6.92 Å². The Kier molecular flexibility index (Phi) is 4.43. The zero-order valence-corrected chi connectivity index (χ0v) is 11.7. The van der Waals surface area contributed by atoms with Crippen LogP contribution in [-0.4, -0.2) is 53.5 Å². The number of nitrogens with zero attached hydrogens (tertiary/aromatic N) is 2. The average molecular weight is 262 g/mol. The Morgan fingerprint density at radius 2 is 1.95 bits per heavy atom. The lowest BCUT2D eigenvalue weighted by atomic mass is 10.1. The minimum atomic E-state index is 0.0687. The molecular weight excluding hydrogens is 240 g/mol. The number of piperazine rings is 1. The van der Waals surface area contributed by atoms with Gasteiger partial charge in [-0.3, -0.25) is 9.69 Å². The third-order valence-electron chi connectivity index (χ3n) is 3.64. The summed E-state index contributed by atoms with van der Waals surface area (Å²) in [4.78, 5) is 16.6.